The molecule has 0 fully saturated rings. The maximum atomic E-state index is 4.68. The summed E-state index contributed by atoms with van der Waals surface area (Å²) < 4.78 is 0. The summed E-state index contributed by atoms with van der Waals surface area (Å²) in [6, 6.07) is 14.4. The molecule has 0 saturated heterocycles. The Balaban J connectivity index is 1.86. The van der Waals surface area contributed by atoms with Crippen LogP contribution >= 0.6 is 0 Å². The molecular formula is C23H30N6. The molecule has 0 aliphatic heterocycles. The molecule has 2 N–H and O–H groups in total. The Morgan fingerprint density at radius 3 is 2.24 bits per heavy atom. The Hall–Kier alpha value is -2.99. The molecule has 29 heavy (non-hydrogen) atoms. The highest BCUT2D eigenvalue weighted by Crippen LogP contribution is 2.26. The van der Waals surface area contributed by atoms with Crippen molar-refractivity contribution in [2.75, 3.05) is 37.8 Å². The van der Waals surface area contributed by atoms with Gasteiger partial charge in [0.1, 0.15) is 5.82 Å². The molecule has 1 aromatic carbocycles. The topological polar surface area (TPSA) is 66.0 Å². The van der Waals surface area contributed by atoms with Crippen molar-refractivity contribution < 1.29 is 0 Å². The van der Waals surface area contributed by atoms with Crippen molar-refractivity contribution in [3.63, 3.8) is 0 Å². The predicted molar refractivity (Wildman–Crippen MR) is 121 cm³/mol. The predicted octanol–water partition coefficient (Wildman–Crippen LogP) is 4.55. The van der Waals surface area contributed by atoms with E-state index in [-0.39, 0.29) is 5.41 Å². The maximum Gasteiger partial charge on any atom is 0.225 e. The lowest BCUT2D eigenvalue weighted by molar-refractivity contribution is 0.425. The van der Waals surface area contributed by atoms with Crippen molar-refractivity contribution in [2.24, 2.45) is 0 Å². The number of likely N-dealkylation sites (N-methyl/N-ethyl adjacent to an activating group) is 1. The van der Waals surface area contributed by atoms with Crippen molar-refractivity contribution >= 4 is 17.5 Å². The summed E-state index contributed by atoms with van der Waals surface area (Å²) in [6.07, 6.45) is 3.55. The molecule has 0 aliphatic carbocycles. The van der Waals surface area contributed by atoms with Crippen molar-refractivity contribution in [3.8, 4) is 11.3 Å². The highest BCUT2D eigenvalue weighted by Gasteiger charge is 2.13. The molecule has 0 amide bonds. The van der Waals surface area contributed by atoms with E-state index in [1.165, 1.54) is 5.56 Å². The van der Waals surface area contributed by atoms with Gasteiger partial charge in [0.05, 0.1) is 5.69 Å². The van der Waals surface area contributed by atoms with Crippen LogP contribution in [0.5, 0.6) is 0 Å². The Morgan fingerprint density at radius 1 is 0.931 bits per heavy atom. The van der Waals surface area contributed by atoms with Crippen molar-refractivity contribution in [3.05, 3.63) is 60.4 Å². The standard InChI is InChI=1S/C23H30N6/c1-23(2,3)18-6-8-19(9-7-18)26-21-16-20(17-10-12-24-13-11-17)27-22(28-21)25-14-15-29(4)5/h6-13,16H,14-15H2,1-5H3,(H2,25,26,27,28). The lowest BCUT2D eigenvalue weighted by Crippen LogP contribution is -2.21. The minimum absolute atomic E-state index is 0.130. The van der Waals surface area contributed by atoms with E-state index in [9.17, 15) is 0 Å². The fraction of sp³-hybridized carbons (Fsp3) is 0.348. The first-order chi connectivity index (χ1) is 13.8. The Morgan fingerprint density at radius 2 is 1.62 bits per heavy atom. The van der Waals surface area contributed by atoms with Gasteiger partial charge in [-0.05, 0) is 49.3 Å². The normalized spacial score (nSPS) is 11.5. The summed E-state index contributed by atoms with van der Waals surface area (Å²) in [4.78, 5) is 15.6. The average Bonchev–Trinajstić information content (AvgIpc) is 2.68. The molecule has 3 aromatic rings. The van der Waals surface area contributed by atoms with Crippen LogP contribution in [0.1, 0.15) is 26.3 Å². The fourth-order valence-corrected chi connectivity index (χ4v) is 2.85. The summed E-state index contributed by atoms with van der Waals surface area (Å²) in [7, 11) is 4.09. The zero-order valence-electron chi connectivity index (χ0n) is 17.9. The van der Waals surface area contributed by atoms with Gasteiger partial charge in [0, 0.05) is 42.8 Å². The zero-order valence-corrected chi connectivity index (χ0v) is 17.9. The molecule has 0 aliphatic rings. The van der Waals surface area contributed by atoms with Crippen LogP contribution in [0.15, 0.2) is 54.9 Å². The minimum atomic E-state index is 0.130. The second-order valence-electron chi connectivity index (χ2n) is 8.38. The Bertz CT molecular complexity index is 914. The molecular weight excluding hydrogens is 360 g/mol. The van der Waals surface area contributed by atoms with Gasteiger partial charge in [0.15, 0.2) is 0 Å². The zero-order chi connectivity index (χ0) is 20.9. The van der Waals surface area contributed by atoms with Crippen molar-refractivity contribution in [2.45, 2.75) is 26.2 Å². The number of rotatable bonds is 7. The number of hydrogen-bond donors (Lipinski definition) is 2. The SMILES string of the molecule is CN(C)CCNc1nc(Nc2ccc(C(C)(C)C)cc2)cc(-c2ccncc2)n1. The number of hydrogen-bond acceptors (Lipinski definition) is 6. The number of pyridine rings is 1. The third kappa shape index (κ3) is 5.99. The summed E-state index contributed by atoms with van der Waals surface area (Å²) in [6.45, 7) is 8.32. The van der Waals surface area contributed by atoms with Crippen LogP contribution in [0.4, 0.5) is 17.5 Å². The van der Waals surface area contributed by atoms with Gasteiger partial charge in [-0.2, -0.15) is 4.98 Å². The molecule has 6 heteroatoms. The smallest absolute Gasteiger partial charge is 0.225 e. The van der Waals surface area contributed by atoms with E-state index in [0.29, 0.717) is 5.95 Å². The van der Waals surface area contributed by atoms with E-state index in [4.69, 9.17) is 0 Å². The summed E-state index contributed by atoms with van der Waals surface area (Å²) >= 11 is 0. The van der Waals surface area contributed by atoms with Crippen molar-refractivity contribution in [1.82, 2.24) is 19.9 Å². The van der Waals surface area contributed by atoms with Crippen LogP contribution in [0.3, 0.4) is 0 Å². The van der Waals surface area contributed by atoms with Gasteiger partial charge in [-0.1, -0.05) is 32.9 Å². The maximum absolute atomic E-state index is 4.68. The molecule has 0 bridgehead atoms. The number of anilines is 3. The molecule has 6 nitrogen and oxygen atoms in total. The molecule has 2 heterocycles. The third-order valence-electron chi connectivity index (χ3n) is 4.57. The van der Waals surface area contributed by atoms with Crippen LogP contribution in [0.25, 0.3) is 11.3 Å². The quantitative estimate of drug-likeness (QED) is 0.617. The largest absolute Gasteiger partial charge is 0.353 e. The van der Waals surface area contributed by atoms with Gasteiger partial charge in [0.2, 0.25) is 5.95 Å². The van der Waals surface area contributed by atoms with Crippen LogP contribution in [0, 0.1) is 0 Å². The summed E-state index contributed by atoms with van der Waals surface area (Å²) in [5.41, 5.74) is 4.28. The highest BCUT2D eigenvalue weighted by molar-refractivity contribution is 5.67. The number of benzene rings is 1. The van der Waals surface area contributed by atoms with Gasteiger partial charge in [-0.3, -0.25) is 4.98 Å². The average molecular weight is 391 g/mol. The van der Waals surface area contributed by atoms with E-state index < -0.39 is 0 Å². The first kappa shape index (κ1) is 20.7. The Kier molecular flexibility index (Phi) is 6.44. The Labute approximate surface area is 173 Å². The van der Waals surface area contributed by atoms with E-state index >= 15 is 0 Å². The molecule has 0 radical (unpaired) electrons. The van der Waals surface area contributed by atoms with Gasteiger partial charge in [-0.15, -0.1) is 0 Å². The molecule has 152 valence electrons. The van der Waals surface area contributed by atoms with Crippen LogP contribution in [0.2, 0.25) is 0 Å². The van der Waals surface area contributed by atoms with Gasteiger partial charge in [-0.25, -0.2) is 4.98 Å². The van der Waals surface area contributed by atoms with E-state index in [1.807, 2.05) is 32.3 Å². The number of nitrogens with zero attached hydrogens (tertiary/aromatic N) is 4. The molecule has 3 rings (SSSR count). The lowest BCUT2D eigenvalue weighted by atomic mass is 9.87. The highest BCUT2D eigenvalue weighted by atomic mass is 15.2. The molecule has 0 unspecified atom stereocenters. The van der Waals surface area contributed by atoms with Crippen LogP contribution in [-0.4, -0.2) is 47.0 Å². The fourth-order valence-electron chi connectivity index (χ4n) is 2.85. The third-order valence-corrected chi connectivity index (χ3v) is 4.57. The second kappa shape index (κ2) is 9.01. The first-order valence-electron chi connectivity index (χ1n) is 9.87. The van der Waals surface area contributed by atoms with Crippen LogP contribution < -0.4 is 10.6 Å². The monoisotopic (exact) mass is 390 g/mol. The van der Waals surface area contributed by atoms with Crippen molar-refractivity contribution in [1.29, 1.82) is 0 Å². The van der Waals surface area contributed by atoms with Gasteiger partial charge in [0.25, 0.3) is 0 Å². The first-order valence-corrected chi connectivity index (χ1v) is 9.87. The lowest BCUT2D eigenvalue weighted by Gasteiger charge is -2.19. The van der Waals surface area contributed by atoms with Gasteiger partial charge >= 0.3 is 0 Å². The summed E-state index contributed by atoms with van der Waals surface area (Å²) in [5.74, 6) is 1.36. The van der Waals surface area contributed by atoms with Crippen LogP contribution in [-0.2, 0) is 5.41 Å². The van der Waals surface area contributed by atoms with E-state index in [0.717, 1.165) is 35.9 Å². The van der Waals surface area contributed by atoms with Gasteiger partial charge < -0.3 is 15.5 Å². The molecule has 2 aromatic heterocycles. The molecule has 0 saturated carbocycles. The number of nitrogens with one attached hydrogen (secondary N) is 2. The van der Waals surface area contributed by atoms with E-state index in [1.54, 1.807) is 12.4 Å². The summed E-state index contributed by atoms with van der Waals surface area (Å²) in [5, 5.41) is 6.74. The molecule has 0 spiro atoms. The molecule has 0 atom stereocenters. The number of aromatic nitrogens is 3. The van der Waals surface area contributed by atoms with E-state index in [2.05, 4.69) is 75.5 Å². The second-order valence-corrected chi connectivity index (χ2v) is 8.38. The minimum Gasteiger partial charge on any atom is -0.353 e.